The minimum absolute atomic E-state index is 0.313. The Bertz CT molecular complexity index is 891. The van der Waals surface area contributed by atoms with E-state index in [-0.39, 0.29) is 0 Å². The van der Waals surface area contributed by atoms with E-state index in [1.54, 1.807) is 10.4 Å². The molecule has 1 atom stereocenters. The number of carbonyl (C=O) groups excluding carboxylic acids is 1. The highest BCUT2D eigenvalue weighted by Gasteiger charge is 2.20. The van der Waals surface area contributed by atoms with Gasteiger partial charge in [0, 0.05) is 29.5 Å². The van der Waals surface area contributed by atoms with Crippen LogP contribution in [0.2, 0.25) is 0 Å². The van der Waals surface area contributed by atoms with Crippen LogP contribution in [0.25, 0.3) is 0 Å². The molecule has 32 heavy (non-hydrogen) atoms. The summed E-state index contributed by atoms with van der Waals surface area (Å²) in [5.74, 6) is 0.846. The maximum atomic E-state index is 9.98. The van der Waals surface area contributed by atoms with Crippen molar-refractivity contribution in [1.82, 2.24) is 10.2 Å². The molecule has 0 spiro atoms. The molecule has 172 valence electrons. The lowest BCUT2D eigenvalue weighted by molar-refractivity contribution is -0.129. The first kappa shape index (κ1) is 24.5. The largest absolute Gasteiger partial charge is 0.492 e. The number of likely N-dealkylation sites (N-methyl/N-ethyl adjacent to an activating group) is 1. The zero-order chi connectivity index (χ0) is 22.6. The predicted octanol–water partition coefficient (Wildman–Crippen LogP) is 4.91. The summed E-state index contributed by atoms with van der Waals surface area (Å²) in [4.78, 5) is 13.9. The number of halogens is 1. The molecule has 0 amide bonds. The monoisotopic (exact) mass is 474 g/mol. The Labute approximate surface area is 199 Å². The van der Waals surface area contributed by atoms with E-state index in [0.29, 0.717) is 25.7 Å². The Hall–Kier alpha value is -2.12. The number of benzene rings is 1. The SMILES string of the molecule is CN1CCc2sccc2C1.ClC1=CC=CCC1.O=COCc1ccc(OCC2CN2)cc1. The summed E-state index contributed by atoms with van der Waals surface area (Å²) in [5, 5.41) is 6.33. The Balaban J connectivity index is 0.000000146. The number of nitrogens with zero attached hydrogens (tertiary/aromatic N) is 1. The van der Waals surface area contributed by atoms with Gasteiger partial charge in [-0.1, -0.05) is 35.9 Å². The van der Waals surface area contributed by atoms with Gasteiger partial charge in [-0.2, -0.15) is 0 Å². The number of thiophene rings is 1. The quantitative estimate of drug-likeness (QED) is 0.476. The highest BCUT2D eigenvalue weighted by Crippen LogP contribution is 2.22. The lowest BCUT2D eigenvalue weighted by Crippen LogP contribution is -2.25. The molecule has 1 N–H and O–H groups in total. The number of rotatable bonds is 6. The molecule has 0 radical (unpaired) electrons. The summed E-state index contributed by atoms with van der Waals surface area (Å²) in [6, 6.07) is 10.3. The lowest BCUT2D eigenvalue weighted by Gasteiger charge is -2.21. The van der Waals surface area contributed by atoms with Crippen LogP contribution in [0.15, 0.2) is 59.0 Å². The van der Waals surface area contributed by atoms with Crippen molar-refractivity contribution in [3.05, 3.63) is 75.0 Å². The van der Waals surface area contributed by atoms with E-state index in [4.69, 9.17) is 16.3 Å². The molecule has 2 aliphatic heterocycles. The molecule has 2 aromatic rings. The van der Waals surface area contributed by atoms with Crippen LogP contribution in [-0.2, 0) is 29.1 Å². The van der Waals surface area contributed by atoms with Gasteiger partial charge in [0.1, 0.15) is 19.0 Å². The fraction of sp³-hybridized carbons (Fsp3) is 0.400. The van der Waals surface area contributed by atoms with Gasteiger partial charge < -0.3 is 19.7 Å². The summed E-state index contributed by atoms with van der Waals surface area (Å²) in [6.45, 7) is 4.90. The van der Waals surface area contributed by atoms with Gasteiger partial charge in [0.2, 0.25) is 0 Å². The minimum Gasteiger partial charge on any atom is -0.492 e. The number of hydrogen-bond acceptors (Lipinski definition) is 6. The van der Waals surface area contributed by atoms with Crippen molar-refractivity contribution < 1.29 is 14.3 Å². The fourth-order valence-corrected chi connectivity index (χ4v) is 4.24. The maximum absolute atomic E-state index is 9.98. The third kappa shape index (κ3) is 9.17. The molecule has 3 aliphatic rings. The van der Waals surface area contributed by atoms with Crippen LogP contribution < -0.4 is 10.1 Å². The molecule has 1 saturated heterocycles. The topological polar surface area (TPSA) is 60.7 Å². The van der Waals surface area contributed by atoms with Gasteiger partial charge in [-0.25, -0.2) is 0 Å². The molecule has 5 nitrogen and oxygen atoms in total. The smallest absolute Gasteiger partial charge is 0.293 e. The maximum Gasteiger partial charge on any atom is 0.293 e. The Morgan fingerprint density at radius 3 is 2.69 bits per heavy atom. The first-order valence-corrected chi connectivity index (χ1v) is 12.1. The first-order chi connectivity index (χ1) is 15.6. The molecule has 1 unspecified atom stereocenters. The number of hydrogen-bond donors (Lipinski definition) is 1. The second-order valence-electron chi connectivity index (χ2n) is 7.90. The highest BCUT2D eigenvalue weighted by atomic mass is 35.5. The van der Waals surface area contributed by atoms with Crippen molar-refractivity contribution in [2.45, 2.75) is 38.5 Å². The third-order valence-electron chi connectivity index (χ3n) is 5.15. The van der Waals surface area contributed by atoms with Crippen LogP contribution in [-0.4, -0.2) is 44.2 Å². The Morgan fingerprint density at radius 1 is 1.25 bits per heavy atom. The van der Waals surface area contributed by atoms with Crippen molar-refractivity contribution in [1.29, 1.82) is 0 Å². The van der Waals surface area contributed by atoms with Gasteiger partial charge >= 0.3 is 0 Å². The molecule has 1 aliphatic carbocycles. The normalized spacial score (nSPS) is 18.7. The zero-order valence-electron chi connectivity index (χ0n) is 18.5. The number of ether oxygens (including phenoxy) is 2. The summed E-state index contributed by atoms with van der Waals surface area (Å²) in [7, 11) is 2.18. The van der Waals surface area contributed by atoms with Crippen LogP contribution in [0.5, 0.6) is 5.75 Å². The highest BCUT2D eigenvalue weighted by molar-refractivity contribution is 7.10. The fourth-order valence-electron chi connectivity index (χ4n) is 3.17. The van der Waals surface area contributed by atoms with Crippen molar-refractivity contribution in [2.24, 2.45) is 0 Å². The molecular formula is C25H31ClN2O3S. The standard InChI is InChI=1S/C11H13NO3.C8H11NS.C6H7Cl/c13-8-14-6-9-1-3-11(4-2-9)15-7-10-5-12-10;1-9-4-2-8-7(6-9)3-5-10-8;7-6-4-2-1-3-5-6/h1-4,8,10,12H,5-7H2;3,5H,2,4,6H2,1H3;1-2,4H,3,5H2. The predicted molar refractivity (Wildman–Crippen MR) is 131 cm³/mol. The van der Waals surface area contributed by atoms with E-state index in [0.717, 1.165) is 42.3 Å². The molecule has 1 aromatic carbocycles. The number of fused-ring (bicyclic) bond motifs is 1. The molecular weight excluding hydrogens is 444 g/mol. The summed E-state index contributed by atoms with van der Waals surface area (Å²) < 4.78 is 10.2. The van der Waals surface area contributed by atoms with Gasteiger partial charge in [0.05, 0.1) is 6.04 Å². The Morgan fingerprint density at radius 2 is 2.06 bits per heavy atom. The van der Waals surface area contributed by atoms with Crippen LogP contribution in [0.1, 0.15) is 28.8 Å². The summed E-state index contributed by atoms with van der Waals surface area (Å²) >= 11 is 7.53. The Kier molecular flexibility index (Phi) is 10.3. The van der Waals surface area contributed by atoms with Crippen LogP contribution in [0, 0.1) is 0 Å². The second-order valence-corrected chi connectivity index (χ2v) is 9.39. The molecule has 7 heteroatoms. The van der Waals surface area contributed by atoms with Gasteiger partial charge in [-0.05, 0) is 67.1 Å². The molecule has 1 fully saturated rings. The second kappa shape index (κ2) is 13.4. The van der Waals surface area contributed by atoms with E-state index in [2.05, 4.69) is 39.5 Å². The molecule has 0 saturated carbocycles. The number of nitrogens with one attached hydrogen (secondary N) is 1. The van der Waals surface area contributed by atoms with Crippen LogP contribution in [0.3, 0.4) is 0 Å². The number of carbonyl (C=O) groups is 1. The van der Waals surface area contributed by atoms with E-state index >= 15 is 0 Å². The van der Waals surface area contributed by atoms with Crippen molar-refractivity contribution in [3.63, 3.8) is 0 Å². The summed E-state index contributed by atoms with van der Waals surface area (Å²) in [6.07, 6.45) is 9.43. The number of allylic oxidation sites excluding steroid dienone is 4. The summed E-state index contributed by atoms with van der Waals surface area (Å²) in [5.41, 5.74) is 2.50. The minimum atomic E-state index is 0.313. The molecule has 3 heterocycles. The third-order valence-corrected chi connectivity index (χ3v) is 6.48. The zero-order valence-corrected chi connectivity index (χ0v) is 20.0. The van der Waals surface area contributed by atoms with Gasteiger partial charge in [-0.3, -0.25) is 4.79 Å². The average molecular weight is 475 g/mol. The van der Waals surface area contributed by atoms with E-state index in [1.165, 1.54) is 13.0 Å². The van der Waals surface area contributed by atoms with E-state index in [1.807, 2.05) is 47.8 Å². The van der Waals surface area contributed by atoms with Gasteiger partial charge in [-0.15, -0.1) is 11.3 Å². The van der Waals surface area contributed by atoms with Crippen molar-refractivity contribution in [2.75, 3.05) is 26.7 Å². The molecule has 1 aromatic heterocycles. The van der Waals surface area contributed by atoms with Gasteiger partial charge in [0.15, 0.2) is 0 Å². The van der Waals surface area contributed by atoms with E-state index in [9.17, 15) is 4.79 Å². The van der Waals surface area contributed by atoms with Crippen LogP contribution >= 0.6 is 22.9 Å². The van der Waals surface area contributed by atoms with Gasteiger partial charge in [0.25, 0.3) is 6.47 Å². The van der Waals surface area contributed by atoms with Crippen molar-refractivity contribution >= 4 is 29.4 Å². The van der Waals surface area contributed by atoms with Crippen molar-refractivity contribution in [3.8, 4) is 5.75 Å². The molecule has 0 bridgehead atoms. The van der Waals surface area contributed by atoms with Crippen LogP contribution in [0.4, 0.5) is 0 Å². The molecule has 5 rings (SSSR count). The average Bonchev–Trinajstić information content (AvgIpc) is 3.54. The van der Waals surface area contributed by atoms with E-state index < -0.39 is 0 Å². The lowest BCUT2D eigenvalue weighted by atomic mass is 10.1. The first-order valence-electron chi connectivity index (χ1n) is 10.9.